The largest absolute Gasteiger partial charge is 0.122 e. The van der Waals surface area contributed by atoms with Gasteiger partial charge in [0.25, 0.3) is 0 Å². The Morgan fingerprint density at radius 3 is 1.35 bits per heavy atom. The van der Waals surface area contributed by atoms with E-state index in [1.807, 2.05) is 0 Å². The molecule has 0 radical (unpaired) electrons. The fourth-order valence-electron chi connectivity index (χ4n) is 2.11. The van der Waals surface area contributed by atoms with Gasteiger partial charge in [-0.25, -0.2) is 0 Å². The number of aryl methyl sites for hydroxylation is 2. The predicted octanol–water partition coefficient (Wildman–Crippen LogP) is 6.32. The number of hydrogen-bond acceptors (Lipinski definition) is 0. The molecule has 2 aromatic rings. The maximum atomic E-state index is 6.35. The van der Waals surface area contributed by atoms with E-state index in [1.165, 1.54) is 11.1 Å². The third-order valence-electron chi connectivity index (χ3n) is 3.26. The maximum absolute atomic E-state index is 6.35. The molecule has 0 saturated heterocycles. The number of halogens is 3. The maximum Gasteiger partial charge on any atom is 0.122 e. The first kappa shape index (κ1) is 15.4. The van der Waals surface area contributed by atoms with Crippen LogP contribution < -0.4 is 0 Å². The standard InChI is InChI=1S/C17H15Cl3/c1-11-3-7-13(8-4-11)15(16(18)17(19)20)14-9-5-12(2)6-10-14/h3-10,15H,1-2H3. The van der Waals surface area contributed by atoms with Crippen molar-refractivity contribution in [3.8, 4) is 0 Å². The Kier molecular flexibility index (Phi) is 5.15. The molecule has 0 aliphatic heterocycles. The predicted molar refractivity (Wildman–Crippen MR) is 88.8 cm³/mol. The zero-order chi connectivity index (χ0) is 14.7. The monoisotopic (exact) mass is 324 g/mol. The highest BCUT2D eigenvalue weighted by atomic mass is 35.5. The minimum atomic E-state index is -0.136. The van der Waals surface area contributed by atoms with Crippen molar-refractivity contribution >= 4 is 34.8 Å². The van der Waals surface area contributed by atoms with Crippen LogP contribution in [0, 0.1) is 13.8 Å². The summed E-state index contributed by atoms with van der Waals surface area (Å²) in [6, 6.07) is 16.5. The van der Waals surface area contributed by atoms with Gasteiger partial charge in [-0.3, -0.25) is 0 Å². The van der Waals surface area contributed by atoms with Gasteiger partial charge in [-0.1, -0.05) is 94.5 Å². The fraction of sp³-hybridized carbons (Fsp3) is 0.176. The van der Waals surface area contributed by atoms with Gasteiger partial charge >= 0.3 is 0 Å². The van der Waals surface area contributed by atoms with Crippen LogP contribution in [0.2, 0.25) is 0 Å². The zero-order valence-electron chi connectivity index (χ0n) is 11.3. The molecule has 0 amide bonds. The van der Waals surface area contributed by atoms with E-state index in [0.29, 0.717) is 5.03 Å². The molecule has 0 spiro atoms. The van der Waals surface area contributed by atoms with Gasteiger partial charge in [0.1, 0.15) is 4.49 Å². The highest BCUT2D eigenvalue weighted by molar-refractivity contribution is 6.59. The SMILES string of the molecule is Cc1ccc(C(C(Cl)=C(Cl)Cl)c2ccc(C)cc2)cc1. The van der Waals surface area contributed by atoms with Crippen molar-refractivity contribution < 1.29 is 0 Å². The summed E-state index contributed by atoms with van der Waals surface area (Å²) in [6.07, 6.45) is 0. The van der Waals surface area contributed by atoms with Crippen molar-refractivity contribution in [1.82, 2.24) is 0 Å². The molecule has 2 aromatic carbocycles. The normalized spacial score (nSPS) is 10.7. The Morgan fingerprint density at radius 1 is 0.700 bits per heavy atom. The van der Waals surface area contributed by atoms with E-state index in [1.54, 1.807) is 0 Å². The van der Waals surface area contributed by atoms with Crippen LogP contribution in [0.3, 0.4) is 0 Å². The summed E-state index contributed by atoms with van der Waals surface area (Å²) in [7, 11) is 0. The summed E-state index contributed by atoms with van der Waals surface area (Å²) in [6.45, 7) is 4.10. The molecule has 0 aliphatic rings. The van der Waals surface area contributed by atoms with Crippen molar-refractivity contribution in [3.63, 3.8) is 0 Å². The number of allylic oxidation sites excluding steroid dienone is 1. The minimum Gasteiger partial charge on any atom is -0.0855 e. The lowest BCUT2D eigenvalue weighted by atomic mass is 9.90. The molecular weight excluding hydrogens is 311 g/mol. The van der Waals surface area contributed by atoms with Crippen LogP contribution in [0.15, 0.2) is 58.1 Å². The van der Waals surface area contributed by atoms with Crippen molar-refractivity contribution in [3.05, 3.63) is 80.3 Å². The van der Waals surface area contributed by atoms with E-state index in [2.05, 4.69) is 62.4 Å². The van der Waals surface area contributed by atoms with Crippen LogP contribution in [-0.4, -0.2) is 0 Å². The van der Waals surface area contributed by atoms with Gasteiger partial charge in [0.15, 0.2) is 0 Å². The molecule has 0 heterocycles. The van der Waals surface area contributed by atoms with Crippen LogP contribution in [0.25, 0.3) is 0 Å². The summed E-state index contributed by atoms with van der Waals surface area (Å²) in [5.74, 6) is -0.136. The molecule has 0 N–H and O–H groups in total. The molecule has 0 bridgehead atoms. The van der Waals surface area contributed by atoms with Gasteiger partial charge in [-0.2, -0.15) is 0 Å². The summed E-state index contributed by atoms with van der Waals surface area (Å²) in [5, 5.41) is 0.445. The first-order valence-corrected chi connectivity index (χ1v) is 7.46. The Balaban J connectivity index is 2.53. The third-order valence-corrected chi connectivity index (χ3v) is 4.26. The van der Waals surface area contributed by atoms with Crippen LogP contribution in [0.4, 0.5) is 0 Å². The molecule has 0 saturated carbocycles. The lowest BCUT2D eigenvalue weighted by molar-refractivity contribution is 1.00. The second kappa shape index (κ2) is 6.67. The van der Waals surface area contributed by atoms with Gasteiger partial charge < -0.3 is 0 Å². The van der Waals surface area contributed by atoms with Crippen LogP contribution in [-0.2, 0) is 0 Å². The van der Waals surface area contributed by atoms with Gasteiger partial charge in [-0.15, -0.1) is 0 Å². The first-order chi connectivity index (χ1) is 9.49. The quantitative estimate of drug-likeness (QED) is 0.619. The third kappa shape index (κ3) is 3.58. The van der Waals surface area contributed by atoms with E-state index >= 15 is 0 Å². The molecule has 0 fully saturated rings. The van der Waals surface area contributed by atoms with Crippen molar-refractivity contribution in [2.24, 2.45) is 0 Å². The minimum absolute atomic E-state index is 0.109. The smallest absolute Gasteiger partial charge is 0.0855 e. The summed E-state index contributed by atoms with van der Waals surface area (Å²) in [4.78, 5) is 0. The lowest BCUT2D eigenvalue weighted by Crippen LogP contribution is -2.02. The highest BCUT2D eigenvalue weighted by Crippen LogP contribution is 2.38. The summed E-state index contributed by atoms with van der Waals surface area (Å²) < 4.78 is 0.109. The first-order valence-electron chi connectivity index (χ1n) is 6.33. The molecule has 3 heteroatoms. The lowest BCUT2D eigenvalue weighted by Gasteiger charge is -2.18. The molecule has 2 rings (SSSR count). The summed E-state index contributed by atoms with van der Waals surface area (Å²) >= 11 is 18.1. The Hall–Kier alpha value is -0.950. The second-order valence-electron chi connectivity index (χ2n) is 4.86. The number of benzene rings is 2. The van der Waals surface area contributed by atoms with Gasteiger partial charge in [0.2, 0.25) is 0 Å². The Labute approximate surface area is 135 Å². The van der Waals surface area contributed by atoms with Crippen LogP contribution in [0.1, 0.15) is 28.2 Å². The van der Waals surface area contributed by atoms with Crippen LogP contribution >= 0.6 is 34.8 Å². The molecule has 20 heavy (non-hydrogen) atoms. The number of rotatable bonds is 3. The van der Waals surface area contributed by atoms with Gasteiger partial charge in [-0.05, 0) is 25.0 Å². The number of hydrogen-bond donors (Lipinski definition) is 0. The van der Waals surface area contributed by atoms with E-state index in [-0.39, 0.29) is 10.4 Å². The van der Waals surface area contributed by atoms with Crippen LogP contribution in [0.5, 0.6) is 0 Å². The fourth-order valence-corrected chi connectivity index (χ4v) is 2.58. The average Bonchev–Trinajstić information content (AvgIpc) is 2.43. The molecule has 0 unspecified atom stereocenters. The molecule has 0 aliphatic carbocycles. The van der Waals surface area contributed by atoms with E-state index in [9.17, 15) is 0 Å². The summed E-state index contributed by atoms with van der Waals surface area (Å²) in [5.41, 5.74) is 4.55. The van der Waals surface area contributed by atoms with Crippen molar-refractivity contribution in [2.45, 2.75) is 19.8 Å². The second-order valence-corrected chi connectivity index (χ2v) is 6.22. The van der Waals surface area contributed by atoms with E-state index in [0.717, 1.165) is 11.1 Å². The van der Waals surface area contributed by atoms with Gasteiger partial charge in [0.05, 0.1) is 5.03 Å². The topological polar surface area (TPSA) is 0 Å². The van der Waals surface area contributed by atoms with Crippen molar-refractivity contribution in [1.29, 1.82) is 0 Å². The zero-order valence-corrected chi connectivity index (χ0v) is 13.6. The molecule has 0 aromatic heterocycles. The molecular formula is C17H15Cl3. The molecule has 0 atom stereocenters. The Morgan fingerprint density at radius 2 is 1.05 bits per heavy atom. The average molecular weight is 326 g/mol. The van der Waals surface area contributed by atoms with E-state index in [4.69, 9.17) is 34.8 Å². The highest BCUT2D eigenvalue weighted by Gasteiger charge is 2.20. The van der Waals surface area contributed by atoms with Gasteiger partial charge in [0, 0.05) is 5.92 Å². The molecule has 104 valence electrons. The Bertz CT molecular complexity index is 560. The van der Waals surface area contributed by atoms with E-state index < -0.39 is 0 Å². The van der Waals surface area contributed by atoms with Crippen molar-refractivity contribution in [2.75, 3.05) is 0 Å². The molecule has 0 nitrogen and oxygen atoms in total.